The minimum absolute atomic E-state index is 0.0945. The molecule has 2 aromatic heterocycles. The molecule has 2 aliphatic rings. The number of aldehydes is 2. The topological polar surface area (TPSA) is 74.8 Å². The van der Waals surface area contributed by atoms with Crippen molar-refractivity contribution in [2.24, 2.45) is 11.8 Å². The average Bonchev–Trinajstić information content (AvgIpc) is 3.97. The molecule has 270 valence electrons. The minimum atomic E-state index is -0.0945. The monoisotopic (exact) mass is 732 g/mol. The van der Waals surface area contributed by atoms with Gasteiger partial charge in [0.1, 0.15) is 12.6 Å². The molecule has 0 fully saturated rings. The standard InChI is InChI=1S/C44H48N2O4S2/c1-5-9-11-29(7-3)25-45-41(37-23-21-35(51-37)33-17-13-31(27-47)14-18-33)39-40(43(45)49)42(46(44(39)50)26-30(8-4)12-10-6-2)38-24-22-36(52-38)34-19-15-32(28-48)16-20-34/h13-24,27-30H,5-12,25-26H2,1-4H3. The van der Waals surface area contributed by atoms with Crippen molar-refractivity contribution in [3.63, 3.8) is 0 Å². The normalized spacial score (nSPS) is 15.5. The van der Waals surface area contributed by atoms with E-state index in [2.05, 4.69) is 39.8 Å². The van der Waals surface area contributed by atoms with Crippen LogP contribution in [0.25, 0.3) is 32.3 Å². The number of carbonyl (C=O) groups is 4. The van der Waals surface area contributed by atoms with Gasteiger partial charge in [-0.1, -0.05) is 115 Å². The fourth-order valence-electron chi connectivity index (χ4n) is 7.30. The zero-order valence-electron chi connectivity index (χ0n) is 30.7. The summed E-state index contributed by atoms with van der Waals surface area (Å²) in [4.78, 5) is 60.2. The van der Waals surface area contributed by atoms with Crippen LogP contribution in [-0.4, -0.2) is 47.3 Å². The predicted molar refractivity (Wildman–Crippen MR) is 214 cm³/mol. The molecular weight excluding hydrogens is 685 g/mol. The van der Waals surface area contributed by atoms with Crippen LogP contribution in [0.4, 0.5) is 0 Å². The van der Waals surface area contributed by atoms with Gasteiger partial charge in [-0.25, -0.2) is 0 Å². The number of thiophene rings is 2. The van der Waals surface area contributed by atoms with Crippen LogP contribution >= 0.6 is 22.7 Å². The Bertz CT molecular complexity index is 1840. The van der Waals surface area contributed by atoms with Gasteiger partial charge < -0.3 is 9.80 Å². The first kappa shape index (κ1) is 37.4. The molecule has 0 aliphatic carbocycles. The fraction of sp³-hybridized carbons (Fsp3) is 0.364. The van der Waals surface area contributed by atoms with E-state index in [4.69, 9.17) is 0 Å². The van der Waals surface area contributed by atoms with E-state index in [0.29, 0.717) is 47.2 Å². The number of benzene rings is 2. The molecule has 6 nitrogen and oxygen atoms in total. The maximum absolute atomic E-state index is 15.0. The second kappa shape index (κ2) is 17.0. The van der Waals surface area contributed by atoms with Crippen molar-refractivity contribution in [1.29, 1.82) is 0 Å². The number of unbranched alkanes of at least 4 members (excludes halogenated alkanes) is 2. The number of fused-ring (bicyclic) bond motifs is 1. The molecule has 2 atom stereocenters. The van der Waals surface area contributed by atoms with E-state index in [0.717, 1.165) is 106 Å². The highest BCUT2D eigenvalue weighted by Crippen LogP contribution is 2.50. The van der Waals surface area contributed by atoms with Crippen molar-refractivity contribution in [1.82, 2.24) is 9.80 Å². The number of amides is 2. The van der Waals surface area contributed by atoms with E-state index in [1.54, 1.807) is 22.7 Å². The molecule has 2 unspecified atom stereocenters. The van der Waals surface area contributed by atoms with Gasteiger partial charge in [0.2, 0.25) is 0 Å². The summed E-state index contributed by atoms with van der Waals surface area (Å²) >= 11 is 3.17. The average molecular weight is 733 g/mol. The maximum atomic E-state index is 15.0. The van der Waals surface area contributed by atoms with E-state index < -0.39 is 0 Å². The van der Waals surface area contributed by atoms with Crippen LogP contribution in [0.3, 0.4) is 0 Å². The molecule has 4 aromatic rings. The highest BCUT2D eigenvalue weighted by Gasteiger charge is 2.50. The third kappa shape index (κ3) is 7.55. The van der Waals surface area contributed by atoms with Crippen molar-refractivity contribution < 1.29 is 19.2 Å². The molecule has 0 bridgehead atoms. The lowest BCUT2D eigenvalue weighted by Crippen LogP contribution is -2.34. The van der Waals surface area contributed by atoms with Gasteiger partial charge in [0.25, 0.3) is 11.8 Å². The lowest BCUT2D eigenvalue weighted by Gasteiger charge is -2.29. The highest BCUT2D eigenvalue weighted by molar-refractivity contribution is 7.17. The third-order valence-corrected chi connectivity index (χ3v) is 12.8. The Morgan fingerprint density at radius 3 is 1.23 bits per heavy atom. The second-order valence-corrected chi connectivity index (χ2v) is 16.1. The predicted octanol–water partition coefficient (Wildman–Crippen LogP) is 11.0. The van der Waals surface area contributed by atoms with Gasteiger partial charge in [-0.15, -0.1) is 22.7 Å². The van der Waals surface area contributed by atoms with Crippen LogP contribution in [0.15, 0.2) is 83.9 Å². The molecule has 0 saturated carbocycles. The van der Waals surface area contributed by atoms with Gasteiger partial charge in [0, 0.05) is 34.0 Å². The van der Waals surface area contributed by atoms with Gasteiger partial charge >= 0.3 is 0 Å². The Hall–Kier alpha value is -4.40. The van der Waals surface area contributed by atoms with Crippen LogP contribution in [-0.2, 0) is 9.59 Å². The van der Waals surface area contributed by atoms with Gasteiger partial charge in [0.15, 0.2) is 0 Å². The molecule has 2 aliphatic heterocycles. The van der Waals surface area contributed by atoms with Crippen molar-refractivity contribution in [3.05, 3.63) is 105 Å². The van der Waals surface area contributed by atoms with Crippen LogP contribution in [0.2, 0.25) is 0 Å². The van der Waals surface area contributed by atoms with Crippen LogP contribution in [0, 0.1) is 11.8 Å². The van der Waals surface area contributed by atoms with Gasteiger partial charge in [-0.3, -0.25) is 19.2 Å². The molecule has 52 heavy (non-hydrogen) atoms. The summed E-state index contributed by atoms with van der Waals surface area (Å²) < 4.78 is 0. The number of rotatable bonds is 18. The van der Waals surface area contributed by atoms with E-state index in [1.165, 1.54) is 0 Å². The number of nitrogens with zero attached hydrogens (tertiary/aromatic N) is 2. The molecule has 2 amide bonds. The number of hydrogen-bond donors (Lipinski definition) is 0. The van der Waals surface area contributed by atoms with E-state index in [9.17, 15) is 19.2 Å². The van der Waals surface area contributed by atoms with Crippen molar-refractivity contribution >= 4 is 58.5 Å². The maximum Gasteiger partial charge on any atom is 0.261 e. The fourth-order valence-corrected chi connectivity index (χ4v) is 9.44. The van der Waals surface area contributed by atoms with Crippen LogP contribution < -0.4 is 0 Å². The van der Waals surface area contributed by atoms with Gasteiger partial charge in [0.05, 0.1) is 32.3 Å². The van der Waals surface area contributed by atoms with E-state index in [-0.39, 0.29) is 11.8 Å². The van der Waals surface area contributed by atoms with Crippen molar-refractivity contribution in [2.75, 3.05) is 13.1 Å². The molecule has 0 radical (unpaired) electrons. The molecule has 8 heteroatoms. The first-order valence-electron chi connectivity index (χ1n) is 18.8. The highest BCUT2D eigenvalue weighted by atomic mass is 32.1. The Morgan fingerprint density at radius 1 is 0.538 bits per heavy atom. The summed E-state index contributed by atoms with van der Waals surface area (Å²) in [6.07, 6.45) is 10.00. The van der Waals surface area contributed by atoms with E-state index in [1.807, 2.05) is 70.5 Å². The molecule has 0 N–H and O–H groups in total. The number of carbonyl (C=O) groups excluding carboxylic acids is 4. The second-order valence-electron chi connectivity index (χ2n) is 13.9. The molecule has 4 heterocycles. The molecule has 0 spiro atoms. The lowest BCUT2D eigenvalue weighted by molar-refractivity contribution is -0.124. The quantitative estimate of drug-likeness (QED) is 0.0955. The summed E-state index contributed by atoms with van der Waals surface area (Å²) in [6.45, 7) is 9.89. The largest absolute Gasteiger partial charge is 0.306 e. The summed E-state index contributed by atoms with van der Waals surface area (Å²) in [5.74, 6) is 0.432. The lowest BCUT2D eigenvalue weighted by atomic mass is 9.98. The summed E-state index contributed by atoms with van der Waals surface area (Å²) in [5.41, 5.74) is 5.70. The number of hydrogen-bond acceptors (Lipinski definition) is 6. The minimum Gasteiger partial charge on any atom is -0.306 e. The first-order valence-corrected chi connectivity index (χ1v) is 20.4. The molecule has 2 aromatic carbocycles. The van der Waals surface area contributed by atoms with Gasteiger partial charge in [-0.05, 0) is 60.1 Å². The SMILES string of the molecule is CCCCC(CC)CN1C(=O)C2=C(c3ccc(-c4ccc(C=O)cc4)s3)N(CC(CC)CCCC)C(=O)C2=C1c1ccc(-c2ccc(C=O)cc2)s1. The molecule has 6 rings (SSSR count). The third-order valence-electron chi connectivity index (χ3n) is 10.5. The van der Waals surface area contributed by atoms with Crippen molar-refractivity contribution in [2.45, 2.75) is 79.1 Å². The molecular formula is C44H48N2O4S2. The van der Waals surface area contributed by atoms with Crippen LogP contribution in [0.5, 0.6) is 0 Å². The first-order chi connectivity index (χ1) is 25.3. The zero-order chi connectivity index (χ0) is 36.8. The Kier molecular flexibility index (Phi) is 12.2. The Morgan fingerprint density at radius 2 is 0.904 bits per heavy atom. The summed E-state index contributed by atoms with van der Waals surface area (Å²) in [7, 11) is 0. The Labute approximate surface area is 315 Å². The van der Waals surface area contributed by atoms with Gasteiger partial charge in [-0.2, -0.15) is 0 Å². The zero-order valence-corrected chi connectivity index (χ0v) is 32.3. The summed E-state index contributed by atoms with van der Waals surface area (Å²) in [6, 6.07) is 23.2. The van der Waals surface area contributed by atoms with Crippen LogP contribution in [0.1, 0.15) is 110 Å². The van der Waals surface area contributed by atoms with Crippen molar-refractivity contribution in [3.8, 4) is 20.9 Å². The smallest absolute Gasteiger partial charge is 0.261 e. The summed E-state index contributed by atoms with van der Waals surface area (Å²) in [5, 5.41) is 0. The Balaban J connectivity index is 1.51. The van der Waals surface area contributed by atoms with E-state index >= 15 is 0 Å². The molecule has 0 saturated heterocycles.